The molecule has 0 saturated carbocycles. The lowest BCUT2D eigenvalue weighted by atomic mass is 9.99. The van der Waals surface area contributed by atoms with Gasteiger partial charge in [0.1, 0.15) is 5.38 Å². The van der Waals surface area contributed by atoms with E-state index in [9.17, 15) is 4.79 Å². The fraction of sp³-hybridized carbons (Fsp3) is 0.533. The van der Waals surface area contributed by atoms with Crippen molar-refractivity contribution in [1.82, 2.24) is 5.32 Å². The summed E-state index contributed by atoms with van der Waals surface area (Å²) in [5, 5.41) is 2.31. The Kier molecular flexibility index (Phi) is 5.23. The van der Waals surface area contributed by atoms with Gasteiger partial charge in [-0.3, -0.25) is 4.79 Å². The number of carbonyl (C=O) groups is 1. The highest BCUT2D eigenvalue weighted by molar-refractivity contribution is 6.30. The number of halogens is 1. The summed E-state index contributed by atoms with van der Waals surface area (Å²) >= 11 is 6.17. The fourth-order valence-corrected chi connectivity index (χ4v) is 2.69. The Morgan fingerprint density at radius 1 is 1.47 bits per heavy atom. The summed E-state index contributed by atoms with van der Waals surface area (Å²) in [4.78, 5) is 12.0. The van der Waals surface area contributed by atoms with Crippen molar-refractivity contribution in [1.29, 1.82) is 0 Å². The van der Waals surface area contributed by atoms with Gasteiger partial charge in [-0.25, -0.2) is 0 Å². The zero-order chi connectivity index (χ0) is 13.7. The Morgan fingerprint density at radius 3 is 2.89 bits per heavy atom. The molecule has 3 unspecified atom stereocenters. The molecule has 104 valence electrons. The maximum Gasteiger partial charge on any atom is 0.242 e. The summed E-state index contributed by atoms with van der Waals surface area (Å²) in [5.74, 6) is 0.281. The summed E-state index contributed by atoms with van der Waals surface area (Å²) in [6, 6.07) is 9.41. The van der Waals surface area contributed by atoms with E-state index in [1.807, 2.05) is 30.3 Å². The second-order valence-electron chi connectivity index (χ2n) is 4.88. The number of rotatable bonds is 5. The van der Waals surface area contributed by atoms with Crippen LogP contribution in [0.25, 0.3) is 0 Å². The summed E-state index contributed by atoms with van der Waals surface area (Å²) in [5.41, 5.74) is 0.830. The highest BCUT2D eigenvalue weighted by atomic mass is 35.5. The molecule has 1 aliphatic heterocycles. The van der Waals surface area contributed by atoms with Crippen molar-refractivity contribution < 1.29 is 9.53 Å². The molecule has 4 heteroatoms. The van der Waals surface area contributed by atoms with E-state index in [1.54, 1.807) is 0 Å². The average molecular weight is 282 g/mol. The predicted molar refractivity (Wildman–Crippen MR) is 76.2 cm³/mol. The highest BCUT2D eigenvalue weighted by Crippen LogP contribution is 2.24. The van der Waals surface area contributed by atoms with Gasteiger partial charge < -0.3 is 10.1 Å². The molecule has 1 fully saturated rings. The molecule has 0 radical (unpaired) electrons. The molecular weight excluding hydrogens is 262 g/mol. The van der Waals surface area contributed by atoms with Gasteiger partial charge in [-0.2, -0.15) is 0 Å². The van der Waals surface area contributed by atoms with Crippen molar-refractivity contribution in [2.24, 2.45) is 5.92 Å². The molecule has 3 nitrogen and oxygen atoms in total. The van der Waals surface area contributed by atoms with Gasteiger partial charge in [-0.1, -0.05) is 37.3 Å². The van der Waals surface area contributed by atoms with Crippen molar-refractivity contribution >= 4 is 17.5 Å². The van der Waals surface area contributed by atoms with Crippen LogP contribution >= 0.6 is 11.6 Å². The van der Waals surface area contributed by atoms with E-state index in [2.05, 4.69) is 12.2 Å². The Morgan fingerprint density at radius 2 is 2.21 bits per heavy atom. The lowest BCUT2D eigenvalue weighted by molar-refractivity contribution is -0.121. The minimum Gasteiger partial charge on any atom is -0.378 e. The fourth-order valence-electron chi connectivity index (χ4n) is 2.47. The Labute approximate surface area is 119 Å². The van der Waals surface area contributed by atoms with E-state index in [1.165, 1.54) is 0 Å². The Hall–Kier alpha value is -1.06. The van der Waals surface area contributed by atoms with E-state index in [-0.39, 0.29) is 12.0 Å². The summed E-state index contributed by atoms with van der Waals surface area (Å²) in [7, 11) is 0. The van der Waals surface area contributed by atoms with Gasteiger partial charge in [0.15, 0.2) is 0 Å². The molecule has 2 rings (SSSR count). The van der Waals surface area contributed by atoms with E-state index < -0.39 is 5.38 Å². The van der Waals surface area contributed by atoms with Crippen LogP contribution in [0.5, 0.6) is 0 Å². The molecule has 1 aromatic rings. The zero-order valence-corrected chi connectivity index (χ0v) is 11.9. The molecule has 1 aromatic carbocycles. The molecule has 0 bridgehead atoms. The summed E-state index contributed by atoms with van der Waals surface area (Å²) in [6.45, 7) is 3.55. The van der Waals surface area contributed by atoms with Crippen LogP contribution in [0.4, 0.5) is 0 Å². The molecule has 0 aromatic heterocycles. The molecule has 1 amide bonds. The van der Waals surface area contributed by atoms with Gasteiger partial charge in [0.2, 0.25) is 5.91 Å². The second-order valence-corrected chi connectivity index (χ2v) is 5.32. The average Bonchev–Trinajstić information content (AvgIpc) is 2.92. The third kappa shape index (κ3) is 3.71. The van der Waals surface area contributed by atoms with Crippen LogP contribution in [-0.4, -0.2) is 25.2 Å². The number of amides is 1. The van der Waals surface area contributed by atoms with Crippen LogP contribution in [0.2, 0.25) is 0 Å². The maximum atomic E-state index is 12.0. The molecule has 1 heterocycles. The predicted octanol–water partition coefficient (Wildman–Crippen LogP) is 2.90. The van der Waals surface area contributed by atoms with Crippen molar-refractivity contribution in [2.75, 3.05) is 13.2 Å². The molecule has 1 N–H and O–H groups in total. The largest absolute Gasteiger partial charge is 0.378 e. The Bertz CT molecular complexity index is 410. The first kappa shape index (κ1) is 14.4. The number of carbonyl (C=O) groups excluding carboxylic acids is 1. The van der Waals surface area contributed by atoms with Crippen LogP contribution < -0.4 is 5.32 Å². The molecule has 0 aliphatic carbocycles. The van der Waals surface area contributed by atoms with E-state index >= 15 is 0 Å². The first-order chi connectivity index (χ1) is 9.22. The van der Waals surface area contributed by atoms with Gasteiger partial charge in [-0.15, -0.1) is 11.6 Å². The number of hydrogen-bond acceptors (Lipinski definition) is 2. The van der Waals surface area contributed by atoms with Crippen molar-refractivity contribution in [3.05, 3.63) is 35.9 Å². The lowest BCUT2D eigenvalue weighted by Crippen LogP contribution is -2.34. The quantitative estimate of drug-likeness (QED) is 0.843. The minimum atomic E-state index is -0.622. The second kappa shape index (κ2) is 6.92. The first-order valence-electron chi connectivity index (χ1n) is 6.80. The number of ether oxygens (including phenoxy) is 1. The monoisotopic (exact) mass is 281 g/mol. The van der Waals surface area contributed by atoms with Gasteiger partial charge >= 0.3 is 0 Å². The van der Waals surface area contributed by atoms with Crippen molar-refractivity contribution in [2.45, 2.75) is 31.2 Å². The molecule has 1 aliphatic rings. The number of alkyl halides is 1. The zero-order valence-electron chi connectivity index (χ0n) is 11.1. The Balaban J connectivity index is 1.84. The highest BCUT2D eigenvalue weighted by Gasteiger charge is 2.27. The van der Waals surface area contributed by atoms with E-state index in [0.717, 1.165) is 25.0 Å². The topological polar surface area (TPSA) is 38.3 Å². The van der Waals surface area contributed by atoms with E-state index in [4.69, 9.17) is 16.3 Å². The third-order valence-electron chi connectivity index (χ3n) is 3.61. The van der Waals surface area contributed by atoms with Gasteiger partial charge in [0.25, 0.3) is 0 Å². The number of benzene rings is 1. The normalized spacial score (nSPS) is 24.1. The molecule has 1 saturated heterocycles. The number of nitrogens with one attached hydrogen (secondary N) is 1. The first-order valence-corrected chi connectivity index (χ1v) is 7.24. The summed E-state index contributed by atoms with van der Waals surface area (Å²) in [6.07, 6.45) is 2.27. The van der Waals surface area contributed by atoms with Crippen LogP contribution in [0.1, 0.15) is 30.7 Å². The van der Waals surface area contributed by atoms with Gasteiger partial charge in [-0.05, 0) is 18.4 Å². The van der Waals surface area contributed by atoms with Crippen LogP contribution in [0.15, 0.2) is 30.3 Å². The van der Waals surface area contributed by atoms with Gasteiger partial charge in [0.05, 0.1) is 6.10 Å². The molecule has 19 heavy (non-hydrogen) atoms. The molecule has 0 spiro atoms. The van der Waals surface area contributed by atoms with Crippen molar-refractivity contribution in [3.63, 3.8) is 0 Å². The molecule has 3 atom stereocenters. The third-order valence-corrected chi connectivity index (χ3v) is 4.06. The van der Waals surface area contributed by atoms with Crippen molar-refractivity contribution in [3.8, 4) is 0 Å². The van der Waals surface area contributed by atoms with Crippen LogP contribution in [0.3, 0.4) is 0 Å². The smallest absolute Gasteiger partial charge is 0.242 e. The standard InChI is InChI=1S/C15H20ClNO2/c1-2-13-12(8-9-19-13)10-17-15(18)14(16)11-6-4-3-5-7-11/h3-7,12-14H,2,8-10H2,1H3,(H,17,18). The maximum absolute atomic E-state index is 12.0. The minimum absolute atomic E-state index is 0.130. The SMILES string of the molecule is CCC1OCCC1CNC(=O)C(Cl)c1ccccc1. The lowest BCUT2D eigenvalue weighted by Gasteiger charge is -2.18. The van der Waals surface area contributed by atoms with Crippen LogP contribution in [0, 0.1) is 5.92 Å². The van der Waals surface area contributed by atoms with E-state index in [0.29, 0.717) is 12.5 Å². The summed E-state index contributed by atoms with van der Waals surface area (Å²) < 4.78 is 5.61. The van der Waals surface area contributed by atoms with Gasteiger partial charge in [0, 0.05) is 19.1 Å². The van der Waals surface area contributed by atoms with Crippen LogP contribution in [-0.2, 0) is 9.53 Å². The molecular formula is C15H20ClNO2. The number of hydrogen-bond donors (Lipinski definition) is 1.